The molecule has 1 saturated heterocycles. The van der Waals surface area contributed by atoms with Crippen LogP contribution in [-0.4, -0.2) is 66.4 Å². The number of hydrogen-bond acceptors (Lipinski definition) is 9. The lowest BCUT2D eigenvalue weighted by molar-refractivity contribution is -0.155. The Kier molecular flexibility index (Phi) is 5.74. The first-order valence-electron chi connectivity index (χ1n) is 9.40. The number of ether oxygens (including phenoxy) is 3. The van der Waals surface area contributed by atoms with Gasteiger partial charge in [-0.2, -0.15) is 0 Å². The Labute approximate surface area is 178 Å². The highest BCUT2D eigenvalue weighted by Crippen LogP contribution is 2.27. The van der Waals surface area contributed by atoms with Crippen LogP contribution in [0.5, 0.6) is 5.75 Å². The topological polar surface area (TPSA) is 139 Å². The van der Waals surface area contributed by atoms with E-state index in [1.807, 2.05) is 0 Å². The van der Waals surface area contributed by atoms with Crippen molar-refractivity contribution in [3.05, 3.63) is 22.2 Å². The third-order valence-corrected chi connectivity index (χ3v) is 6.28. The number of aromatic nitrogens is 3. The van der Waals surface area contributed by atoms with Crippen molar-refractivity contribution in [2.75, 3.05) is 30.8 Å². The fourth-order valence-electron chi connectivity index (χ4n) is 3.27. The monoisotopic (exact) mass is 456 g/mol. The molecule has 0 N–H and O–H groups in total. The number of methoxy groups -OCH3 is 2. The Morgan fingerprint density at radius 1 is 1.23 bits per heavy atom. The number of hydrogen-bond donors (Lipinski definition) is 0. The van der Waals surface area contributed by atoms with Crippen LogP contribution in [0.1, 0.15) is 37.7 Å². The van der Waals surface area contributed by atoms with E-state index in [9.17, 15) is 22.8 Å². The molecule has 1 aliphatic rings. The van der Waals surface area contributed by atoms with Gasteiger partial charge in [-0.3, -0.25) is 13.9 Å². The summed E-state index contributed by atoms with van der Waals surface area (Å²) in [5.41, 5.74) is -1.96. The minimum absolute atomic E-state index is 0.0109. The van der Waals surface area contributed by atoms with Crippen molar-refractivity contribution in [3.8, 4) is 5.75 Å². The van der Waals surface area contributed by atoms with Crippen molar-refractivity contribution >= 4 is 33.6 Å². The van der Waals surface area contributed by atoms with Gasteiger partial charge in [0.2, 0.25) is 21.6 Å². The normalized spacial score (nSPS) is 15.8. The third kappa shape index (κ3) is 4.22. The lowest BCUT2D eigenvalue weighted by atomic mass is 10.2. The molecule has 0 amide bonds. The SMILES string of the molecule is COC(=O)c1nc2n(CC(=O)OC(C)(C)C)cc(N3CCCS3(=O)=O)n2c(=O)c1OC. The van der Waals surface area contributed by atoms with Crippen LogP contribution in [0.15, 0.2) is 11.0 Å². The molecule has 0 spiro atoms. The molecule has 0 atom stereocenters. The lowest BCUT2D eigenvalue weighted by Gasteiger charge is -2.19. The molecular formula is C18H24N4O8S. The quantitative estimate of drug-likeness (QED) is 0.576. The second-order valence-corrected chi connectivity index (χ2v) is 9.88. The number of sulfonamides is 1. The third-order valence-electron chi connectivity index (χ3n) is 4.44. The summed E-state index contributed by atoms with van der Waals surface area (Å²) in [6.45, 7) is 4.88. The van der Waals surface area contributed by atoms with E-state index in [0.717, 1.165) is 15.8 Å². The molecule has 1 aliphatic heterocycles. The molecule has 31 heavy (non-hydrogen) atoms. The van der Waals surface area contributed by atoms with Gasteiger partial charge < -0.3 is 18.8 Å². The number of imidazole rings is 1. The maximum absolute atomic E-state index is 13.2. The summed E-state index contributed by atoms with van der Waals surface area (Å²) in [5, 5.41) is 0. The van der Waals surface area contributed by atoms with E-state index in [0.29, 0.717) is 6.42 Å². The van der Waals surface area contributed by atoms with Gasteiger partial charge in [-0.05, 0) is 27.2 Å². The Balaban J connectivity index is 2.28. The average molecular weight is 456 g/mol. The van der Waals surface area contributed by atoms with E-state index in [1.54, 1.807) is 20.8 Å². The number of fused-ring (bicyclic) bond motifs is 1. The van der Waals surface area contributed by atoms with Crippen LogP contribution in [0.25, 0.3) is 5.78 Å². The highest BCUT2D eigenvalue weighted by molar-refractivity contribution is 7.93. The van der Waals surface area contributed by atoms with E-state index >= 15 is 0 Å². The van der Waals surface area contributed by atoms with Crippen molar-refractivity contribution in [2.24, 2.45) is 0 Å². The molecule has 3 heterocycles. The minimum Gasteiger partial charge on any atom is -0.489 e. The van der Waals surface area contributed by atoms with Gasteiger partial charge in [-0.25, -0.2) is 22.6 Å². The Hall–Kier alpha value is -3.09. The van der Waals surface area contributed by atoms with Crippen LogP contribution in [0.3, 0.4) is 0 Å². The summed E-state index contributed by atoms with van der Waals surface area (Å²) in [5.74, 6) is -2.18. The van der Waals surface area contributed by atoms with Gasteiger partial charge in [0.1, 0.15) is 18.0 Å². The smallest absolute Gasteiger partial charge is 0.360 e. The molecule has 12 nitrogen and oxygen atoms in total. The Morgan fingerprint density at radius 3 is 2.42 bits per heavy atom. The first kappa shape index (κ1) is 22.6. The van der Waals surface area contributed by atoms with Gasteiger partial charge in [0.05, 0.1) is 26.2 Å². The zero-order valence-electron chi connectivity index (χ0n) is 17.9. The molecule has 1 fully saturated rings. The predicted molar refractivity (Wildman–Crippen MR) is 109 cm³/mol. The summed E-state index contributed by atoms with van der Waals surface area (Å²) in [6, 6.07) is 0. The summed E-state index contributed by atoms with van der Waals surface area (Å²) < 4.78 is 43.4. The fraction of sp³-hybridized carbons (Fsp3) is 0.556. The van der Waals surface area contributed by atoms with Crippen LogP contribution < -0.4 is 14.6 Å². The molecular weight excluding hydrogens is 432 g/mol. The highest BCUT2D eigenvalue weighted by atomic mass is 32.2. The summed E-state index contributed by atoms with van der Waals surface area (Å²) in [6.07, 6.45) is 1.69. The molecule has 2 aromatic rings. The zero-order chi connectivity index (χ0) is 23.1. The van der Waals surface area contributed by atoms with Crippen LogP contribution >= 0.6 is 0 Å². The van der Waals surface area contributed by atoms with Crippen LogP contribution in [0.4, 0.5) is 5.82 Å². The van der Waals surface area contributed by atoms with Gasteiger partial charge in [-0.1, -0.05) is 0 Å². The fourth-order valence-corrected chi connectivity index (χ4v) is 4.80. The predicted octanol–water partition coefficient (Wildman–Crippen LogP) is 0.173. The van der Waals surface area contributed by atoms with Crippen molar-refractivity contribution in [1.29, 1.82) is 0 Å². The number of carbonyl (C=O) groups excluding carboxylic acids is 2. The van der Waals surface area contributed by atoms with Crippen LogP contribution in [0.2, 0.25) is 0 Å². The maximum atomic E-state index is 13.2. The highest BCUT2D eigenvalue weighted by Gasteiger charge is 2.34. The average Bonchev–Trinajstić information content (AvgIpc) is 3.18. The summed E-state index contributed by atoms with van der Waals surface area (Å²) in [4.78, 5) is 41.9. The molecule has 2 aromatic heterocycles. The number of anilines is 1. The van der Waals surface area contributed by atoms with Gasteiger partial charge >= 0.3 is 17.5 Å². The molecule has 0 bridgehead atoms. The molecule has 0 aromatic carbocycles. The zero-order valence-corrected chi connectivity index (χ0v) is 18.7. The first-order chi connectivity index (χ1) is 14.4. The standard InChI is InChI=1S/C18H24N4O8S/c1-18(2,3)30-12(23)10-20-9-11(21-7-6-8-31(21,26)27)22-15(24)14(28-4)13(16(25)29-5)19-17(20)22/h9H,6-8,10H2,1-5H3. The van der Waals surface area contributed by atoms with Gasteiger partial charge in [0, 0.05) is 6.54 Å². The molecule has 0 radical (unpaired) electrons. The minimum atomic E-state index is -3.66. The molecule has 0 saturated carbocycles. The first-order valence-corrected chi connectivity index (χ1v) is 11.0. The number of carbonyl (C=O) groups is 2. The number of esters is 2. The largest absolute Gasteiger partial charge is 0.489 e. The van der Waals surface area contributed by atoms with E-state index < -0.39 is 44.6 Å². The van der Waals surface area contributed by atoms with Crippen LogP contribution in [-0.2, 0) is 30.8 Å². The summed E-state index contributed by atoms with van der Waals surface area (Å²) >= 11 is 0. The van der Waals surface area contributed by atoms with Crippen molar-refractivity contribution in [1.82, 2.24) is 14.0 Å². The van der Waals surface area contributed by atoms with E-state index in [2.05, 4.69) is 9.72 Å². The van der Waals surface area contributed by atoms with Gasteiger partial charge in [0.15, 0.2) is 5.69 Å². The second kappa shape index (κ2) is 7.87. The molecule has 13 heteroatoms. The Bertz CT molecular complexity index is 1210. The van der Waals surface area contributed by atoms with E-state index in [-0.39, 0.29) is 30.4 Å². The molecule has 0 unspecified atom stereocenters. The summed E-state index contributed by atoms with van der Waals surface area (Å²) in [7, 11) is -1.36. The second-order valence-electron chi connectivity index (χ2n) is 7.87. The lowest BCUT2D eigenvalue weighted by Crippen LogP contribution is -2.30. The van der Waals surface area contributed by atoms with Crippen molar-refractivity contribution in [2.45, 2.75) is 39.3 Å². The molecule has 170 valence electrons. The van der Waals surface area contributed by atoms with E-state index in [1.165, 1.54) is 17.9 Å². The van der Waals surface area contributed by atoms with Crippen molar-refractivity contribution < 1.29 is 32.2 Å². The molecule has 3 rings (SSSR count). The van der Waals surface area contributed by atoms with Gasteiger partial charge in [0.25, 0.3) is 0 Å². The number of nitrogens with zero attached hydrogens (tertiary/aromatic N) is 4. The van der Waals surface area contributed by atoms with Crippen LogP contribution in [0, 0.1) is 0 Å². The van der Waals surface area contributed by atoms with E-state index in [4.69, 9.17) is 9.47 Å². The number of rotatable bonds is 5. The maximum Gasteiger partial charge on any atom is 0.360 e. The van der Waals surface area contributed by atoms with Gasteiger partial charge in [-0.15, -0.1) is 0 Å². The Morgan fingerprint density at radius 2 is 1.90 bits per heavy atom. The van der Waals surface area contributed by atoms with Crippen molar-refractivity contribution in [3.63, 3.8) is 0 Å². The molecule has 0 aliphatic carbocycles.